The Bertz CT molecular complexity index is 392. The number of rotatable bonds is 8. The molecule has 2 aliphatic rings. The first-order chi connectivity index (χ1) is 11.1. The first-order valence-electron chi connectivity index (χ1n) is 9.34. The molecule has 0 aromatic heterocycles. The maximum atomic E-state index is 11.9. The van der Waals surface area contributed by atoms with Crippen molar-refractivity contribution in [3.63, 3.8) is 0 Å². The van der Waals surface area contributed by atoms with Crippen molar-refractivity contribution in [3.8, 4) is 0 Å². The molecule has 2 N–H and O–H groups in total. The van der Waals surface area contributed by atoms with E-state index in [1.165, 1.54) is 32.1 Å². The van der Waals surface area contributed by atoms with Gasteiger partial charge in [0.05, 0.1) is 13.1 Å². The monoisotopic (exact) mass is 323 g/mol. The van der Waals surface area contributed by atoms with Gasteiger partial charge in [0.25, 0.3) is 0 Å². The predicted molar refractivity (Wildman–Crippen MR) is 92.0 cm³/mol. The molecule has 0 aromatic rings. The molecule has 23 heavy (non-hydrogen) atoms. The summed E-state index contributed by atoms with van der Waals surface area (Å²) >= 11 is 0. The van der Waals surface area contributed by atoms with E-state index in [-0.39, 0.29) is 18.4 Å². The van der Waals surface area contributed by atoms with Crippen molar-refractivity contribution < 1.29 is 9.59 Å². The molecule has 1 heterocycles. The topological polar surface area (TPSA) is 61.4 Å². The second-order valence-corrected chi connectivity index (χ2v) is 7.51. The van der Waals surface area contributed by atoms with Crippen LogP contribution in [0.1, 0.15) is 58.8 Å². The van der Waals surface area contributed by atoms with Crippen molar-refractivity contribution in [1.29, 1.82) is 0 Å². The number of likely N-dealkylation sites (tertiary alicyclic amines) is 1. The van der Waals surface area contributed by atoms with Gasteiger partial charge in [-0.3, -0.25) is 9.59 Å². The van der Waals surface area contributed by atoms with Gasteiger partial charge in [-0.15, -0.1) is 0 Å². The summed E-state index contributed by atoms with van der Waals surface area (Å²) in [6.07, 6.45) is 8.39. The van der Waals surface area contributed by atoms with Crippen LogP contribution in [0.15, 0.2) is 0 Å². The molecule has 0 spiro atoms. The molecule has 2 unspecified atom stereocenters. The third-order valence-electron chi connectivity index (χ3n) is 5.19. The number of carbonyl (C=O) groups is 2. The molecule has 2 atom stereocenters. The number of nitrogens with zero attached hydrogens (tertiary/aromatic N) is 1. The molecule has 0 aromatic carbocycles. The van der Waals surface area contributed by atoms with Crippen LogP contribution in [0.2, 0.25) is 0 Å². The van der Waals surface area contributed by atoms with Crippen molar-refractivity contribution in [1.82, 2.24) is 15.5 Å². The van der Waals surface area contributed by atoms with E-state index in [1.54, 1.807) is 0 Å². The average Bonchev–Trinajstić information content (AvgIpc) is 3.19. The van der Waals surface area contributed by atoms with Crippen LogP contribution in [0.4, 0.5) is 0 Å². The summed E-state index contributed by atoms with van der Waals surface area (Å²) in [5.74, 6) is 1.44. The summed E-state index contributed by atoms with van der Waals surface area (Å²) in [6, 6.07) is 0.466. The zero-order chi connectivity index (χ0) is 16.7. The molecule has 1 saturated heterocycles. The molecule has 0 radical (unpaired) electrons. The van der Waals surface area contributed by atoms with E-state index >= 15 is 0 Å². The summed E-state index contributed by atoms with van der Waals surface area (Å²) < 4.78 is 0. The van der Waals surface area contributed by atoms with Gasteiger partial charge in [-0.2, -0.15) is 0 Å². The lowest BCUT2D eigenvalue weighted by atomic mass is 9.94. The second-order valence-electron chi connectivity index (χ2n) is 7.51. The van der Waals surface area contributed by atoms with Gasteiger partial charge < -0.3 is 15.5 Å². The Morgan fingerprint density at radius 2 is 1.83 bits per heavy atom. The minimum Gasteiger partial charge on any atom is -0.346 e. The molecular formula is C18H33N3O2. The van der Waals surface area contributed by atoms with E-state index < -0.39 is 0 Å². The van der Waals surface area contributed by atoms with Crippen molar-refractivity contribution in [3.05, 3.63) is 0 Å². The average molecular weight is 323 g/mol. The fraction of sp³-hybridized carbons (Fsp3) is 0.889. The van der Waals surface area contributed by atoms with Crippen LogP contribution in [0.25, 0.3) is 0 Å². The zero-order valence-electron chi connectivity index (χ0n) is 14.8. The highest BCUT2D eigenvalue weighted by Gasteiger charge is 2.27. The van der Waals surface area contributed by atoms with E-state index in [0.29, 0.717) is 18.5 Å². The standard InChI is InChI=1S/C18H33N3O2/c1-14(2)8-9-15-6-5-7-16(15)19-12-17(22)20-13-18(23)21-10-3-4-11-21/h14-16,19H,3-13H2,1-2H3,(H,20,22). The quantitative estimate of drug-likeness (QED) is 0.717. The number of hydrogen-bond acceptors (Lipinski definition) is 3. The summed E-state index contributed by atoms with van der Waals surface area (Å²) in [5, 5.41) is 6.17. The van der Waals surface area contributed by atoms with Crippen LogP contribution in [0.3, 0.4) is 0 Å². The van der Waals surface area contributed by atoms with Crippen molar-refractivity contribution in [2.45, 2.75) is 64.8 Å². The lowest BCUT2D eigenvalue weighted by Crippen LogP contribution is -2.44. The molecule has 2 amide bonds. The molecule has 0 bridgehead atoms. The van der Waals surface area contributed by atoms with Gasteiger partial charge in [0.1, 0.15) is 0 Å². The minimum absolute atomic E-state index is 0.0477. The Kier molecular flexibility index (Phi) is 7.34. The van der Waals surface area contributed by atoms with Gasteiger partial charge >= 0.3 is 0 Å². The van der Waals surface area contributed by atoms with E-state index in [9.17, 15) is 9.59 Å². The summed E-state index contributed by atoms with van der Waals surface area (Å²) in [7, 11) is 0. The summed E-state index contributed by atoms with van der Waals surface area (Å²) in [5.41, 5.74) is 0. The highest BCUT2D eigenvalue weighted by atomic mass is 16.2. The largest absolute Gasteiger partial charge is 0.346 e. The first kappa shape index (κ1) is 18.2. The third kappa shape index (κ3) is 6.13. The zero-order valence-corrected chi connectivity index (χ0v) is 14.8. The SMILES string of the molecule is CC(C)CCC1CCCC1NCC(=O)NCC(=O)N1CCCC1. The lowest BCUT2D eigenvalue weighted by Gasteiger charge is -2.22. The molecule has 1 aliphatic carbocycles. The first-order valence-corrected chi connectivity index (χ1v) is 9.34. The summed E-state index contributed by atoms with van der Waals surface area (Å²) in [4.78, 5) is 25.7. The van der Waals surface area contributed by atoms with Gasteiger partial charge in [0, 0.05) is 19.1 Å². The summed E-state index contributed by atoms with van der Waals surface area (Å²) in [6.45, 7) is 6.68. The van der Waals surface area contributed by atoms with Gasteiger partial charge in [-0.25, -0.2) is 0 Å². The van der Waals surface area contributed by atoms with Crippen LogP contribution in [0, 0.1) is 11.8 Å². The van der Waals surface area contributed by atoms with Crippen LogP contribution >= 0.6 is 0 Å². The normalized spacial score (nSPS) is 24.4. The minimum atomic E-state index is -0.0629. The molecule has 1 saturated carbocycles. The molecule has 132 valence electrons. The molecule has 2 fully saturated rings. The number of amides is 2. The van der Waals surface area contributed by atoms with Gasteiger partial charge in [-0.05, 0) is 43.9 Å². The fourth-order valence-corrected chi connectivity index (χ4v) is 3.74. The Balaban J connectivity index is 1.62. The van der Waals surface area contributed by atoms with E-state index in [4.69, 9.17) is 0 Å². The van der Waals surface area contributed by atoms with Crippen molar-refractivity contribution in [2.75, 3.05) is 26.2 Å². The van der Waals surface area contributed by atoms with Gasteiger partial charge in [-0.1, -0.05) is 26.7 Å². The smallest absolute Gasteiger partial charge is 0.241 e. The van der Waals surface area contributed by atoms with Gasteiger partial charge in [0.15, 0.2) is 0 Å². The lowest BCUT2D eigenvalue weighted by molar-refractivity contribution is -0.131. The van der Waals surface area contributed by atoms with E-state index in [2.05, 4.69) is 24.5 Å². The molecule has 1 aliphatic heterocycles. The second kappa shape index (κ2) is 9.26. The fourth-order valence-electron chi connectivity index (χ4n) is 3.74. The predicted octanol–water partition coefficient (Wildman–Crippen LogP) is 1.92. The van der Waals surface area contributed by atoms with Crippen LogP contribution in [-0.2, 0) is 9.59 Å². The van der Waals surface area contributed by atoms with Crippen molar-refractivity contribution >= 4 is 11.8 Å². The maximum Gasteiger partial charge on any atom is 0.241 e. The molecule has 5 heteroatoms. The van der Waals surface area contributed by atoms with Crippen LogP contribution in [-0.4, -0.2) is 48.9 Å². The van der Waals surface area contributed by atoms with E-state index in [0.717, 1.165) is 31.8 Å². The Morgan fingerprint density at radius 1 is 1.09 bits per heavy atom. The molecule has 2 rings (SSSR count). The van der Waals surface area contributed by atoms with Crippen molar-refractivity contribution in [2.24, 2.45) is 11.8 Å². The van der Waals surface area contributed by atoms with Crippen LogP contribution < -0.4 is 10.6 Å². The van der Waals surface area contributed by atoms with Gasteiger partial charge in [0.2, 0.25) is 11.8 Å². The number of hydrogen-bond donors (Lipinski definition) is 2. The maximum absolute atomic E-state index is 11.9. The van der Waals surface area contributed by atoms with E-state index in [1.807, 2.05) is 4.90 Å². The highest BCUT2D eigenvalue weighted by molar-refractivity contribution is 5.85. The Hall–Kier alpha value is -1.10. The molecular weight excluding hydrogens is 290 g/mol. The number of carbonyl (C=O) groups excluding carboxylic acids is 2. The third-order valence-corrected chi connectivity index (χ3v) is 5.19. The Morgan fingerprint density at radius 3 is 2.52 bits per heavy atom. The Labute approximate surface area is 140 Å². The number of nitrogens with one attached hydrogen (secondary N) is 2. The highest BCUT2D eigenvalue weighted by Crippen LogP contribution is 2.30. The van der Waals surface area contributed by atoms with Crippen LogP contribution in [0.5, 0.6) is 0 Å². The molecule has 5 nitrogen and oxygen atoms in total.